The molecule has 1 heterocycles. The summed E-state index contributed by atoms with van der Waals surface area (Å²) in [6.45, 7) is 1.35. The number of benzene rings is 2. The maximum absolute atomic E-state index is 10.3. The second kappa shape index (κ2) is 6.35. The average molecular weight is 298 g/mol. The van der Waals surface area contributed by atoms with Gasteiger partial charge in [-0.2, -0.15) is 0 Å². The van der Waals surface area contributed by atoms with Gasteiger partial charge in [-0.1, -0.05) is 42.5 Å². The molecule has 108 valence electrons. The van der Waals surface area contributed by atoms with E-state index in [2.05, 4.69) is 16.0 Å². The molecule has 0 fully saturated rings. The van der Waals surface area contributed by atoms with E-state index in [-0.39, 0.29) is 0 Å². The van der Waals surface area contributed by atoms with Crippen molar-refractivity contribution in [2.24, 2.45) is 0 Å². The first-order chi connectivity index (χ1) is 10.2. The number of aliphatic hydroxyl groups excluding tert-OH is 1. The van der Waals surface area contributed by atoms with E-state index >= 15 is 0 Å². The SMILES string of the molecule is CN(Cc1nc2ccccc2s1)C[C@H](O)c1ccccc1. The molecule has 0 aliphatic rings. The van der Waals surface area contributed by atoms with Gasteiger partial charge >= 0.3 is 0 Å². The molecule has 4 heteroatoms. The van der Waals surface area contributed by atoms with Gasteiger partial charge in [-0.25, -0.2) is 4.98 Å². The Morgan fingerprint density at radius 2 is 1.81 bits per heavy atom. The van der Waals surface area contributed by atoms with Crippen molar-refractivity contribution in [2.75, 3.05) is 13.6 Å². The van der Waals surface area contributed by atoms with Crippen LogP contribution in [0.4, 0.5) is 0 Å². The van der Waals surface area contributed by atoms with Gasteiger partial charge in [-0.15, -0.1) is 11.3 Å². The van der Waals surface area contributed by atoms with Crippen LogP contribution in [0.5, 0.6) is 0 Å². The van der Waals surface area contributed by atoms with Crippen LogP contribution >= 0.6 is 11.3 Å². The minimum Gasteiger partial charge on any atom is -0.387 e. The highest BCUT2D eigenvalue weighted by atomic mass is 32.1. The molecule has 1 N–H and O–H groups in total. The predicted octanol–water partition coefficient (Wildman–Crippen LogP) is 3.46. The standard InChI is InChI=1S/C17H18N2OS/c1-19(11-15(20)13-7-3-2-4-8-13)12-17-18-14-9-5-6-10-16(14)21-17/h2-10,15,20H,11-12H2,1H3/t15-/m0/s1. The van der Waals surface area contributed by atoms with Gasteiger partial charge < -0.3 is 5.11 Å². The third-order valence-electron chi connectivity index (χ3n) is 3.41. The molecule has 1 aromatic heterocycles. The Balaban J connectivity index is 1.64. The van der Waals surface area contributed by atoms with Crippen molar-refractivity contribution >= 4 is 21.6 Å². The molecule has 0 saturated carbocycles. The third-order valence-corrected chi connectivity index (χ3v) is 4.43. The van der Waals surface area contributed by atoms with Gasteiger partial charge in [0.2, 0.25) is 0 Å². The van der Waals surface area contributed by atoms with Crippen molar-refractivity contribution in [2.45, 2.75) is 12.6 Å². The van der Waals surface area contributed by atoms with Crippen LogP contribution < -0.4 is 0 Å². The fourth-order valence-electron chi connectivity index (χ4n) is 2.36. The van der Waals surface area contributed by atoms with Crippen LogP contribution in [-0.2, 0) is 6.54 Å². The van der Waals surface area contributed by atoms with Gasteiger partial charge in [0.1, 0.15) is 5.01 Å². The van der Waals surface area contributed by atoms with E-state index in [0.717, 1.165) is 22.6 Å². The molecule has 0 saturated heterocycles. The molecule has 0 unspecified atom stereocenters. The lowest BCUT2D eigenvalue weighted by Gasteiger charge is -2.19. The summed E-state index contributed by atoms with van der Waals surface area (Å²) in [5.41, 5.74) is 2.00. The zero-order valence-electron chi connectivity index (χ0n) is 11.9. The molecule has 0 spiro atoms. The van der Waals surface area contributed by atoms with Crippen molar-refractivity contribution in [3.05, 3.63) is 65.2 Å². The molecule has 0 radical (unpaired) electrons. The Bertz CT molecular complexity index is 678. The molecule has 1 atom stereocenters. The first-order valence-electron chi connectivity index (χ1n) is 6.98. The Labute approximate surface area is 128 Å². The van der Waals surface area contributed by atoms with E-state index in [4.69, 9.17) is 0 Å². The molecule has 3 aromatic rings. The number of hydrogen-bond donors (Lipinski definition) is 1. The van der Waals surface area contributed by atoms with Gasteiger partial charge in [0.15, 0.2) is 0 Å². The smallest absolute Gasteiger partial charge is 0.108 e. The second-order valence-electron chi connectivity index (χ2n) is 5.20. The summed E-state index contributed by atoms with van der Waals surface area (Å²) >= 11 is 1.71. The zero-order chi connectivity index (χ0) is 14.7. The van der Waals surface area contributed by atoms with Crippen LogP contribution in [-0.4, -0.2) is 28.6 Å². The maximum atomic E-state index is 10.3. The summed E-state index contributed by atoms with van der Waals surface area (Å²) in [7, 11) is 2.01. The Hall–Kier alpha value is -1.75. The molecular weight excluding hydrogens is 280 g/mol. The Morgan fingerprint density at radius 1 is 1.10 bits per heavy atom. The molecule has 2 aromatic carbocycles. The van der Waals surface area contributed by atoms with E-state index in [1.165, 1.54) is 4.70 Å². The molecule has 0 bridgehead atoms. The topological polar surface area (TPSA) is 36.4 Å². The van der Waals surface area contributed by atoms with Gasteiger partial charge in [0.25, 0.3) is 0 Å². The highest BCUT2D eigenvalue weighted by Crippen LogP contribution is 2.23. The van der Waals surface area contributed by atoms with Crippen LogP contribution in [0, 0.1) is 0 Å². The lowest BCUT2D eigenvalue weighted by Crippen LogP contribution is -2.24. The number of thiazole rings is 1. The first kappa shape index (κ1) is 14.2. The van der Waals surface area contributed by atoms with Crippen molar-refractivity contribution in [3.8, 4) is 0 Å². The summed E-state index contributed by atoms with van der Waals surface area (Å²) < 4.78 is 1.21. The summed E-state index contributed by atoms with van der Waals surface area (Å²) in [5, 5.41) is 11.3. The Morgan fingerprint density at radius 3 is 2.57 bits per heavy atom. The maximum Gasteiger partial charge on any atom is 0.108 e. The third kappa shape index (κ3) is 3.47. The number of hydrogen-bond acceptors (Lipinski definition) is 4. The van der Waals surface area contributed by atoms with Crippen LogP contribution in [0.1, 0.15) is 16.7 Å². The fourth-order valence-corrected chi connectivity index (χ4v) is 3.41. The number of para-hydroxylation sites is 1. The van der Waals surface area contributed by atoms with Gasteiger partial charge in [-0.3, -0.25) is 4.90 Å². The highest BCUT2D eigenvalue weighted by molar-refractivity contribution is 7.18. The molecular formula is C17H18N2OS. The van der Waals surface area contributed by atoms with Crippen LogP contribution in [0.25, 0.3) is 10.2 Å². The summed E-state index contributed by atoms with van der Waals surface area (Å²) in [4.78, 5) is 6.73. The molecule has 3 rings (SSSR count). The highest BCUT2D eigenvalue weighted by Gasteiger charge is 2.12. The Kier molecular flexibility index (Phi) is 4.29. The molecule has 0 aliphatic carbocycles. The van der Waals surface area contributed by atoms with Crippen molar-refractivity contribution in [1.29, 1.82) is 0 Å². The number of rotatable bonds is 5. The summed E-state index contributed by atoms with van der Waals surface area (Å²) in [6, 6.07) is 17.9. The molecule has 0 aliphatic heterocycles. The second-order valence-corrected chi connectivity index (χ2v) is 6.31. The minimum atomic E-state index is -0.467. The molecule has 21 heavy (non-hydrogen) atoms. The predicted molar refractivity (Wildman–Crippen MR) is 87.4 cm³/mol. The lowest BCUT2D eigenvalue weighted by molar-refractivity contribution is 0.124. The van der Waals surface area contributed by atoms with Gasteiger partial charge in [0.05, 0.1) is 22.9 Å². The minimum absolute atomic E-state index is 0.467. The van der Waals surface area contributed by atoms with E-state index in [9.17, 15) is 5.11 Å². The van der Waals surface area contributed by atoms with Crippen molar-refractivity contribution in [1.82, 2.24) is 9.88 Å². The van der Waals surface area contributed by atoms with E-state index < -0.39 is 6.10 Å². The van der Waals surface area contributed by atoms with Crippen molar-refractivity contribution < 1.29 is 5.11 Å². The van der Waals surface area contributed by atoms with E-state index in [0.29, 0.717) is 6.54 Å². The number of nitrogens with zero attached hydrogens (tertiary/aromatic N) is 2. The summed E-state index contributed by atoms with van der Waals surface area (Å²) in [6.07, 6.45) is -0.467. The van der Waals surface area contributed by atoms with Crippen molar-refractivity contribution in [3.63, 3.8) is 0 Å². The van der Waals surface area contributed by atoms with E-state index in [1.54, 1.807) is 11.3 Å². The average Bonchev–Trinajstić information content (AvgIpc) is 2.90. The number of aliphatic hydroxyl groups is 1. The van der Waals surface area contributed by atoms with E-state index in [1.807, 2.05) is 55.6 Å². The van der Waals surface area contributed by atoms with Crippen LogP contribution in [0.15, 0.2) is 54.6 Å². The quantitative estimate of drug-likeness (QED) is 0.783. The number of fused-ring (bicyclic) bond motifs is 1. The largest absolute Gasteiger partial charge is 0.387 e. The molecule has 3 nitrogen and oxygen atoms in total. The zero-order valence-corrected chi connectivity index (χ0v) is 12.8. The molecule has 0 amide bonds. The van der Waals surface area contributed by atoms with Crippen LogP contribution in [0.2, 0.25) is 0 Å². The van der Waals surface area contributed by atoms with Crippen LogP contribution in [0.3, 0.4) is 0 Å². The summed E-state index contributed by atoms with van der Waals surface area (Å²) in [5.74, 6) is 0. The normalized spacial score (nSPS) is 12.9. The first-order valence-corrected chi connectivity index (χ1v) is 7.80. The monoisotopic (exact) mass is 298 g/mol. The van der Waals surface area contributed by atoms with Gasteiger partial charge in [0, 0.05) is 6.54 Å². The van der Waals surface area contributed by atoms with Gasteiger partial charge in [-0.05, 0) is 24.7 Å². The number of aromatic nitrogens is 1. The number of likely N-dealkylation sites (N-methyl/N-ethyl adjacent to an activating group) is 1. The fraction of sp³-hybridized carbons (Fsp3) is 0.235. The lowest BCUT2D eigenvalue weighted by atomic mass is 10.1.